The zero-order valence-electron chi connectivity index (χ0n) is 7.26. The highest BCUT2D eigenvalue weighted by atomic mass is 35.5. The molecule has 0 aliphatic heterocycles. The number of aliphatic carboxylic acids is 1. The van der Waals surface area contributed by atoms with Gasteiger partial charge < -0.3 is 10.1 Å². The van der Waals surface area contributed by atoms with E-state index in [1.165, 1.54) is 0 Å². The monoisotopic (exact) mass is 237 g/mol. The maximum absolute atomic E-state index is 12.3. The molecule has 15 heavy (non-hydrogen) atoms. The van der Waals surface area contributed by atoms with Crippen molar-refractivity contribution in [2.45, 2.75) is 12.8 Å². The highest BCUT2D eigenvalue weighted by Gasteiger charge is 2.18. The van der Waals surface area contributed by atoms with Crippen molar-refractivity contribution in [2.75, 3.05) is 0 Å². The molecule has 0 amide bonds. The number of H-pyrrole nitrogens is 1. The summed E-state index contributed by atoms with van der Waals surface area (Å²) in [5.74, 6) is -1.19. The van der Waals surface area contributed by atoms with Gasteiger partial charge in [-0.25, -0.2) is 8.78 Å². The lowest BCUT2D eigenvalue weighted by Crippen LogP contribution is -2.17. The highest BCUT2D eigenvalue weighted by Crippen LogP contribution is 2.23. The Bertz CT molecular complexity index is 444. The first-order valence-corrected chi connectivity index (χ1v) is 4.21. The quantitative estimate of drug-likeness (QED) is 0.839. The summed E-state index contributed by atoms with van der Waals surface area (Å²) < 4.78 is 24.5. The maximum atomic E-state index is 12.3. The number of aromatic amines is 1. The van der Waals surface area contributed by atoms with Crippen LogP contribution in [0.3, 0.4) is 0 Å². The van der Waals surface area contributed by atoms with Crippen LogP contribution in [0.4, 0.5) is 8.78 Å². The molecule has 1 heterocycles. The minimum absolute atomic E-state index is 0.0121. The van der Waals surface area contributed by atoms with E-state index < -0.39 is 35.0 Å². The number of rotatable bonds is 3. The fourth-order valence-corrected chi connectivity index (χ4v) is 1.35. The van der Waals surface area contributed by atoms with Gasteiger partial charge in [0.05, 0.1) is 11.4 Å². The number of alkyl halides is 2. The molecule has 0 fully saturated rings. The van der Waals surface area contributed by atoms with E-state index in [0.29, 0.717) is 0 Å². The van der Waals surface area contributed by atoms with E-state index in [4.69, 9.17) is 16.7 Å². The lowest BCUT2D eigenvalue weighted by atomic mass is 10.2. The second-order valence-corrected chi connectivity index (χ2v) is 3.16. The van der Waals surface area contributed by atoms with E-state index in [0.717, 1.165) is 6.07 Å². The lowest BCUT2D eigenvalue weighted by Gasteiger charge is -2.03. The van der Waals surface area contributed by atoms with E-state index in [1.54, 1.807) is 0 Å². The van der Waals surface area contributed by atoms with Gasteiger partial charge in [-0.05, 0) is 6.07 Å². The molecule has 7 heteroatoms. The van der Waals surface area contributed by atoms with Gasteiger partial charge in [-0.2, -0.15) is 0 Å². The van der Waals surface area contributed by atoms with Crippen LogP contribution >= 0.6 is 11.6 Å². The molecule has 82 valence electrons. The summed E-state index contributed by atoms with van der Waals surface area (Å²) in [6.07, 6.45) is -3.46. The minimum atomic E-state index is -2.99. The third kappa shape index (κ3) is 2.76. The predicted molar refractivity (Wildman–Crippen MR) is 48.4 cm³/mol. The number of carbonyl (C=O) groups is 1. The largest absolute Gasteiger partial charge is 0.481 e. The summed E-state index contributed by atoms with van der Waals surface area (Å²) in [5, 5.41) is 7.99. The fourth-order valence-electron chi connectivity index (χ4n) is 1.05. The van der Waals surface area contributed by atoms with E-state index >= 15 is 0 Å². The zero-order valence-corrected chi connectivity index (χ0v) is 8.02. The van der Waals surface area contributed by atoms with Gasteiger partial charge in [-0.3, -0.25) is 9.59 Å². The summed E-state index contributed by atoms with van der Waals surface area (Å²) in [7, 11) is 0. The Morgan fingerprint density at radius 3 is 2.60 bits per heavy atom. The molecule has 0 saturated carbocycles. The summed E-state index contributed by atoms with van der Waals surface area (Å²) in [4.78, 5) is 23.4. The first kappa shape index (κ1) is 11.6. The molecule has 1 rings (SSSR count). The number of halogens is 3. The summed E-state index contributed by atoms with van der Waals surface area (Å²) in [6.45, 7) is 0. The van der Waals surface area contributed by atoms with E-state index in [2.05, 4.69) is 0 Å². The van der Waals surface area contributed by atoms with Crippen molar-refractivity contribution >= 4 is 17.6 Å². The van der Waals surface area contributed by atoms with Crippen molar-refractivity contribution in [2.24, 2.45) is 0 Å². The summed E-state index contributed by atoms with van der Waals surface area (Å²) >= 11 is 5.42. The molecule has 0 unspecified atom stereocenters. The third-order valence-corrected chi connectivity index (χ3v) is 1.95. The molecule has 2 N–H and O–H groups in total. The van der Waals surface area contributed by atoms with Gasteiger partial charge in [-0.1, -0.05) is 11.6 Å². The molecule has 0 spiro atoms. The van der Waals surface area contributed by atoms with Gasteiger partial charge in [0.15, 0.2) is 0 Å². The molecule has 0 bridgehead atoms. The van der Waals surface area contributed by atoms with Crippen molar-refractivity contribution in [1.29, 1.82) is 0 Å². The van der Waals surface area contributed by atoms with Gasteiger partial charge in [-0.15, -0.1) is 0 Å². The van der Waals surface area contributed by atoms with Gasteiger partial charge in [0.25, 0.3) is 12.0 Å². The van der Waals surface area contributed by atoms with Crippen molar-refractivity contribution in [1.82, 2.24) is 4.98 Å². The van der Waals surface area contributed by atoms with Crippen molar-refractivity contribution in [3.05, 3.63) is 32.7 Å². The van der Waals surface area contributed by atoms with Crippen molar-refractivity contribution in [3.8, 4) is 0 Å². The fraction of sp³-hybridized carbons (Fsp3) is 0.250. The molecular weight excluding hydrogens is 232 g/mol. The number of carboxylic acids is 1. The Labute approximate surface area is 87.5 Å². The molecule has 0 aliphatic carbocycles. The Balaban J connectivity index is 3.20. The highest BCUT2D eigenvalue weighted by molar-refractivity contribution is 6.31. The second kappa shape index (κ2) is 4.39. The number of hydrogen-bond acceptors (Lipinski definition) is 2. The molecule has 4 nitrogen and oxygen atoms in total. The molecular formula is C8H6ClF2NO3. The van der Waals surface area contributed by atoms with Crippen LogP contribution in [0.15, 0.2) is 10.9 Å². The van der Waals surface area contributed by atoms with Crippen molar-refractivity contribution < 1.29 is 18.7 Å². The van der Waals surface area contributed by atoms with E-state index in [1.807, 2.05) is 4.98 Å². The Morgan fingerprint density at radius 1 is 1.60 bits per heavy atom. The minimum Gasteiger partial charge on any atom is -0.481 e. The number of carboxylic acid groups (broad SMARTS) is 1. The van der Waals surface area contributed by atoms with Gasteiger partial charge in [0.2, 0.25) is 0 Å². The van der Waals surface area contributed by atoms with Crippen LogP contribution in [0.1, 0.15) is 17.7 Å². The maximum Gasteiger partial charge on any atom is 0.309 e. The van der Waals surface area contributed by atoms with Crippen LogP contribution in [0, 0.1) is 0 Å². The Hall–Kier alpha value is -1.43. The zero-order chi connectivity index (χ0) is 11.6. The normalized spacial score (nSPS) is 10.7. The Kier molecular flexibility index (Phi) is 3.41. The molecule has 0 radical (unpaired) electrons. The third-order valence-electron chi connectivity index (χ3n) is 1.64. The smallest absolute Gasteiger partial charge is 0.309 e. The van der Waals surface area contributed by atoms with Crippen LogP contribution in [-0.2, 0) is 11.2 Å². The second-order valence-electron chi connectivity index (χ2n) is 2.76. The average Bonchev–Trinajstić information content (AvgIpc) is 1.99. The van der Waals surface area contributed by atoms with Crippen LogP contribution in [0.2, 0.25) is 5.02 Å². The number of aromatic nitrogens is 1. The molecule has 0 saturated heterocycles. The summed E-state index contributed by atoms with van der Waals surface area (Å²) in [5.41, 5.74) is -1.92. The van der Waals surface area contributed by atoms with E-state index in [9.17, 15) is 18.4 Å². The molecule has 1 aromatic heterocycles. The van der Waals surface area contributed by atoms with Crippen LogP contribution in [-0.4, -0.2) is 16.1 Å². The number of nitrogens with one attached hydrogen (secondary N) is 1. The topological polar surface area (TPSA) is 70.2 Å². The van der Waals surface area contributed by atoms with Gasteiger partial charge in [0.1, 0.15) is 5.56 Å². The van der Waals surface area contributed by atoms with Gasteiger partial charge in [0, 0.05) is 5.69 Å². The first-order valence-electron chi connectivity index (χ1n) is 3.83. The first-order chi connectivity index (χ1) is 6.91. The predicted octanol–water partition coefficient (Wildman–Crippen LogP) is 1.59. The van der Waals surface area contributed by atoms with E-state index in [-0.39, 0.29) is 5.69 Å². The average molecular weight is 238 g/mol. The van der Waals surface area contributed by atoms with Gasteiger partial charge >= 0.3 is 5.97 Å². The molecule has 0 aliphatic rings. The van der Waals surface area contributed by atoms with Crippen molar-refractivity contribution in [3.63, 3.8) is 0 Å². The SMILES string of the molecule is O=C(O)Cc1cc(Cl)c(C(F)F)c(=O)[nH]1. The molecule has 0 atom stereocenters. The van der Waals surface area contributed by atoms with Crippen LogP contribution < -0.4 is 5.56 Å². The Morgan fingerprint density at radius 2 is 2.20 bits per heavy atom. The standard InChI is InChI=1S/C8H6ClF2NO3/c9-4-1-3(2-5(13)14)12-8(15)6(4)7(10)11/h1,7H,2H2,(H,12,15)(H,13,14). The number of pyridine rings is 1. The molecule has 1 aromatic rings. The van der Waals surface area contributed by atoms with Crippen LogP contribution in [0.25, 0.3) is 0 Å². The van der Waals surface area contributed by atoms with Crippen LogP contribution in [0.5, 0.6) is 0 Å². The lowest BCUT2D eigenvalue weighted by molar-refractivity contribution is -0.136. The molecule has 0 aromatic carbocycles. The number of hydrogen-bond donors (Lipinski definition) is 2. The summed E-state index contributed by atoms with van der Waals surface area (Å²) in [6, 6.07) is 1.01.